The fourth-order valence-corrected chi connectivity index (χ4v) is 2.29. The first kappa shape index (κ1) is 12.5. The lowest BCUT2D eigenvalue weighted by molar-refractivity contribution is 0.0996. The van der Waals surface area contributed by atoms with Crippen molar-refractivity contribution in [3.05, 3.63) is 18.0 Å². The molecule has 0 aromatic carbocycles. The summed E-state index contributed by atoms with van der Waals surface area (Å²) in [4.78, 5) is 4.93. The van der Waals surface area contributed by atoms with E-state index in [-0.39, 0.29) is 0 Å². The number of nitrogens with two attached hydrogens (primary N) is 1. The third-order valence-corrected chi connectivity index (χ3v) is 3.53. The van der Waals surface area contributed by atoms with E-state index in [1.165, 1.54) is 0 Å². The SMILES string of the molecule is CC(CN)N1CCN(Cc2ccn(C)n2)CC1. The lowest BCUT2D eigenvalue weighted by Crippen LogP contribution is -2.51. The Labute approximate surface area is 103 Å². The maximum absolute atomic E-state index is 5.70. The second-order valence-electron chi connectivity index (χ2n) is 4.88. The Morgan fingerprint density at radius 3 is 2.59 bits per heavy atom. The summed E-state index contributed by atoms with van der Waals surface area (Å²) in [5.74, 6) is 0. The largest absolute Gasteiger partial charge is 0.329 e. The van der Waals surface area contributed by atoms with Gasteiger partial charge in [-0.2, -0.15) is 5.10 Å². The van der Waals surface area contributed by atoms with E-state index in [1.807, 2.05) is 17.9 Å². The van der Waals surface area contributed by atoms with E-state index < -0.39 is 0 Å². The number of rotatable bonds is 4. The van der Waals surface area contributed by atoms with Crippen LogP contribution in [0.4, 0.5) is 0 Å². The van der Waals surface area contributed by atoms with Crippen molar-refractivity contribution in [2.24, 2.45) is 12.8 Å². The van der Waals surface area contributed by atoms with Crippen molar-refractivity contribution in [2.45, 2.75) is 19.5 Å². The summed E-state index contributed by atoms with van der Waals surface area (Å²) in [5.41, 5.74) is 6.86. The van der Waals surface area contributed by atoms with E-state index in [2.05, 4.69) is 27.9 Å². The standard InChI is InChI=1S/C12H23N5/c1-11(9-13)17-7-5-16(6-8-17)10-12-3-4-15(2)14-12/h3-4,11H,5-10,13H2,1-2H3. The summed E-state index contributed by atoms with van der Waals surface area (Å²) >= 11 is 0. The van der Waals surface area contributed by atoms with E-state index in [0.29, 0.717) is 6.04 Å². The number of hydrogen-bond donors (Lipinski definition) is 1. The smallest absolute Gasteiger partial charge is 0.0764 e. The molecule has 1 aliphatic heterocycles. The minimum Gasteiger partial charge on any atom is -0.329 e. The molecule has 5 nitrogen and oxygen atoms in total. The maximum Gasteiger partial charge on any atom is 0.0764 e. The Balaban J connectivity index is 1.79. The molecule has 0 bridgehead atoms. The van der Waals surface area contributed by atoms with E-state index in [0.717, 1.165) is 45.0 Å². The third-order valence-electron chi connectivity index (χ3n) is 3.53. The van der Waals surface area contributed by atoms with Crippen LogP contribution in [0.3, 0.4) is 0 Å². The van der Waals surface area contributed by atoms with Gasteiger partial charge >= 0.3 is 0 Å². The number of nitrogens with zero attached hydrogens (tertiary/aromatic N) is 4. The molecular weight excluding hydrogens is 214 g/mol. The lowest BCUT2D eigenvalue weighted by atomic mass is 10.2. The van der Waals surface area contributed by atoms with Crippen molar-refractivity contribution < 1.29 is 0 Å². The van der Waals surface area contributed by atoms with Crippen molar-refractivity contribution in [1.29, 1.82) is 0 Å². The summed E-state index contributed by atoms with van der Waals surface area (Å²) in [5, 5.41) is 4.42. The minimum atomic E-state index is 0.506. The Bertz CT molecular complexity index is 340. The van der Waals surface area contributed by atoms with Crippen LogP contribution in [0.5, 0.6) is 0 Å². The fourth-order valence-electron chi connectivity index (χ4n) is 2.29. The highest BCUT2D eigenvalue weighted by molar-refractivity contribution is 4.98. The van der Waals surface area contributed by atoms with Crippen LogP contribution in [0, 0.1) is 0 Å². The summed E-state index contributed by atoms with van der Waals surface area (Å²) in [6.07, 6.45) is 2.00. The Kier molecular flexibility index (Phi) is 4.15. The molecule has 96 valence electrons. The predicted octanol–water partition coefficient (Wildman–Crippen LogP) is -0.115. The van der Waals surface area contributed by atoms with Crippen LogP contribution >= 0.6 is 0 Å². The van der Waals surface area contributed by atoms with E-state index in [9.17, 15) is 0 Å². The molecule has 0 saturated carbocycles. The first-order valence-electron chi connectivity index (χ1n) is 6.34. The highest BCUT2D eigenvalue weighted by Gasteiger charge is 2.20. The maximum atomic E-state index is 5.70. The van der Waals surface area contributed by atoms with Crippen molar-refractivity contribution >= 4 is 0 Å². The molecule has 1 aliphatic rings. The van der Waals surface area contributed by atoms with Crippen LogP contribution in [-0.4, -0.2) is 58.3 Å². The van der Waals surface area contributed by atoms with Gasteiger partial charge in [-0.25, -0.2) is 0 Å². The van der Waals surface area contributed by atoms with Crippen molar-refractivity contribution in [3.8, 4) is 0 Å². The number of piperazine rings is 1. The summed E-state index contributed by atoms with van der Waals surface area (Å²) < 4.78 is 1.86. The second kappa shape index (κ2) is 5.62. The van der Waals surface area contributed by atoms with E-state index >= 15 is 0 Å². The third kappa shape index (κ3) is 3.28. The number of hydrogen-bond acceptors (Lipinski definition) is 4. The average Bonchev–Trinajstić information content (AvgIpc) is 2.75. The summed E-state index contributed by atoms with van der Waals surface area (Å²) in [6.45, 7) is 8.37. The molecule has 1 aromatic heterocycles. The molecule has 2 rings (SSSR count). The van der Waals surface area contributed by atoms with Crippen LogP contribution in [-0.2, 0) is 13.6 Å². The lowest BCUT2D eigenvalue weighted by Gasteiger charge is -2.37. The Hall–Kier alpha value is -0.910. The highest BCUT2D eigenvalue weighted by atomic mass is 15.3. The van der Waals surface area contributed by atoms with Gasteiger partial charge in [-0.05, 0) is 13.0 Å². The zero-order valence-electron chi connectivity index (χ0n) is 10.8. The highest BCUT2D eigenvalue weighted by Crippen LogP contribution is 2.08. The molecule has 2 heterocycles. The summed E-state index contributed by atoms with van der Waals surface area (Å²) in [7, 11) is 1.96. The Morgan fingerprint density at radius 2 is 2.06 bits per heavy atom. The molecule has 0 radical (unpaired) electrons. The molecular formula is C12H23N5. The molecule has 1 aromatic rings. The minimum absolute atomic E-state index is 0.506. The van der Waals surface area contributed by atoms with Crippen LogP contribution in [0.15, 0.2) is 12.3 Å². The van der Waals surface area contributed by atoms with Gasteiger partial charge < -0.3 is 5.73 Å². The van der Waals surface area contributed by atoms with Gasteiger partial charge in [0.05, 0.1) is 5.69 Å². The molecule has 0 spiro atoms. The second-order valence-corrected chi connectivity index (χ2v) is 4.88. The zero-order chi connectivity index (χ0) is 12.3. The van der Waals surface area contributed by atoms with Gasteiger partial charge in [0, 0.05) is 58.6 Å². The topological polar surface area (TPSA) is 50.3 Å². The van der Waals surface area contributed by atoms with Crippen molar-refractivity contribution in [2.75, 3.05) is 32.7 Å². The van der Waals surface area contributed by atoms with Gasteiger partial charge in [-0.1, -0.05) is 0 Å². The van der Waals surface area contributed by atoms with Gasteiger partial charge in [0.15, 0.2) is 0 Å². The Morgan fingerprint density at radius 1 is 1.35 bits per heavy atom. The first-order valence-corrected chi connectivity index (χ1v) is 6.34. The van der Waals surface area contributed by atoms with Gasteiger partial charge in [0.25, 0.3) is 0 Å². The molecule has 1 unspecified atom stereocenters. The molecule has 1 fully saturated rings. The molecule has 0 aliphatic carbocycles. The van der Waals surface area contributed by atoms with Crippen molar-refractivity contribution in [3.63, 3.8) is 0 Å². The molecule has 0 amide bonds. The van der Waals surface area contributed by atoms with Crippen LogP contribution in [0.25, 0.3) is 0 Å². The first-order chi connectivity index (χ1) is 8.19. The van der Waals surface area contributed by atoms with Gasteiger partial charge in [0.2, 0.25) is 0 Å². The van der Waals surface area contributed by atoms with Gasteiger partial charge in [-0.3, -0.25) is 14.5 Å². The molecule has 5 heteroatoms. The van der Waals surface area contributed by atoms with Gasteiger partial charge in [0.1, 0.15) is 0 Å². The monoisotopic (exact) mass is 237 g/mol. The predicted molar refractivity (Wildman–Crippen MR) is 68.6 cm³/mol. The number of aromatic nitrogens is 2. The quantitative estimate of drug-likeness (QED) is 0.793. The average molecular weight is 237 g/mol. The normalized spacial score (nSPS) is 20.6. The molecule has 2 N–H and O–H groups in total. The molecule has 1 saturated heterocycles. The van der Waals surface area contributed by atoms with Crippen molar-refractivity contribution in [1.82, 2.24) is 19.6 Å². The van der Waals surface area contributed by atoms with Crippen LogP contribution in [0.2, 0.25) is 0 Å². The molecule has 1 atom stereocenters. The van der Waals surface area contributed by atoms with Crippen LogP contribution in [0.1, 0.15) is 12.6 Å². The molecule has 17 heavy (non-hydrogen) atoms. The van der Waals surface area contributed by atoms with Crippen LogP contribution < -0.4 is 5.73 Å². The van der Waals surface area contributed by atoms with Gasteiger partial charge in [-0.15, -0.1) is 0 Å². The number of aryl methyl sites for hydroxylation is 1. The fraction of sp³-hybridized carbons (Fsp3) is 0.750. The zero-order valence-corrected chi connectivity index (χ0v) is 10.8. The summed E-state index contributed by atoms with van der Waals surface area (Å²) in [6, 6.07) is 2.60. The van der Waals surface area contributed by atoms with E-state index in [1.54, 1.807) is 0 Å². The van der Waals surface area contributed by atoms with E-state index in [4.69, 9.17) is 5.73 Å².